The summed E-state index contributed by atoms with van der Waals surface area (Å²) in [6, 6.07) is 3.00. The first-order chi connectivity index (χ1) is 12.8. The normalized spacial score (nSPS) is 25.6. The summed E-state index contributed by atoms with van der Waals surface area (Å²) in [6.45, 7) is 2.46. The summed E-state index contributed by atoms with van der Waals surface area (Å²) in [4.78, 5) is 13.6. The Bertz CT molecular complexity index is 827. The third-order valence-electron chi connectivity index (χ3n) is 6.15. The molecular formula is C18H23F2N3O3S. The standard InChI is InChI=1S/C18H23F2N3O3S/c19-14-2-1-3-15(20)16(14)27(25,26)23-10-8-22(9-11-23)17(24)13-12-18(13)4-6-21-7-5-18/h1-3,13,21H,4-12H2. The Kier molecular flexibility index (Phi) is 4.72. The summed E-state index contributed by atoms with van der Waals surface area (Å²) in [5.41, 5.74) is 0.127. The van der Waals surface area contributed by atoms with Crippen molar-refractivity contribution in [1.82, 2.24) is 14.5 Å². The van der Waals surface area contributed by atoms with Gasteiger partial charge in [0.05, 0.1) is 0 Å². The lowest BCUT2D eigenvalue weighted by Gasteiger charge is -2.35. The Morgan fingerprint density at radius 2 is 1.67 bits per heavy atom. The van der Waals surface area contributed by atoms with E-state index in [1.54, 1.807) is 4.90 Å². The zero-order chi connectivity index (χ0) is 19.2. The molecule has 0 bridgehead atoms. The maximum atomic E-state index is 13.9. The van der Waals surface area contributed by atoms with Crippen molar-refractivity contribution in [3.63, 3.8) is 0 Å². The molecule has 4 rings (SSSR count). The van der Waals surface area contributed by atoms with Crippen molar-refractivity contribution in [2.75, 3.05) is 39.3 Å². The lowest BCUT2D eigenvalue weighted by atomic mass is 9.91. The number of benzene rings is 1. The molecule has 1 aliphatic carbocycles. The number of rotatable bonds is 3. The molecule has 6 nitrogen and oxygen atoms in total. The monoisotopic (exact) mass is 399 g/mol. The molecule has 2 heterocycles. The van der Waals surface area contributed by atoms with Crippen LogP contribution in [0.15, 0.2) is 23.1 Å². The van der Waals surface area contributed by atoms with E-state index < -0.39 is 26.6 Å². The second kappa shape index (κ2) is 6.79. The van der Waals surface area contributed by atoms with E-state index in [4.69, 9.17) is 0 Å². The van der Waals surface area contributed by atoms with Gasteiger partial charge in [-0.15, -0.1) is 0 Å². The third-order valence-corrected chi connectivity index (χ3v) is 8.11. The van der Waals surface area contributed by atoms with Gasteiger partial charge in [0.2, 0.25) is 15.9 Å². The lowest BCUT2D eigenvalue weighted by molar-refractivity contribution is -0.134. The number of piperazine rings is 1. The van der Waals surface area contributed by atoms with Crippen molar-refractivity contribution < 1.29 is 22.0 Å². The first-order valence-electron chi connectivity index (χ1n) is 9.29. The van der Waals surface area contributed by atoms with Crippen LogP contribution >= 0.6 is 0 Å². The number of sulfonamides is 1. The molecule has 148 valence electrons. The molecule has 1 spiro atoms. The summed E-state index contributed by atoms with van der Waals surface area (Å²) < 4.78 is 54.1. The van der Waals surface area contributed by atoms with Gasteiger partial charge in [0.15, 0.2) is 4.90 Å². The molecule has 9 heteroatoms. The van der Waals surface area contributed by atoms with E-state index in [-0.39, 0.29) is 43.4 Å². The predicted octanol–water partition coefficient (Wildman–Crippen LogP) is 1.19. The average Bonchev–Trinajstić information content (AvgIpc) is 3.34. The van der Waals surface area contributed by atoms with Crippen LogP contribution in [0.25, 0.3) is 0 Å². The van der Waals surface area contributed by atoms with Crippen LogP contribution in [-0.2, 0) is 14.8 Å². The highest BCUT2D eigenvalue weighted by Gasteiger charge is 2.58. The van der Waals surface area contributed by atoms with Gasteiger partial charge in [-0.05, 0) is 49.9 Å². The molecule has 3 fully saturated rings. The Morgan fingerprint density at radius 3 is 2.26 bits per heavy atom. The van der Waals surface area contributed by atoms with E-state index >= 15 is 0 Å². The summed E-state index contributed by atoms with van der Waals surface area (Å²) in [6.07, 6.45) is 2.92. The molecule has 1 aromatic carbocycles. The van der Waals surface area contributed by atoms with Crippen LogP contribution in [0, 0.1) is 23.0 Å². The third kappa shape index (κ3) is 3.25. The fourth-order valence-corrected chi connectivity index (χ4v) is 5.93. The van der Waals surface area contributed by atoms with Gasteiger partial charge in [-0.1, -0.05) is 6.07 Å². The fraction of sp³-hybridized carbons (Fsp3) is 0.611. The largest absolute Gasteiger partial charge is 0.340 e. The zero-order valence-corrected chi connectivity index (χ0v) is 15.8. The van der Waals surface area contributed by atoms with Gasteiger partial charge in [-0.25, -0.2) is 17.2 Å². The molecule has 27 heavy (non-hydrogen) atoms. The fourth-order valence-electron chi connectivity index (χ4n) is 4.40. The van der Waals surface area contributed by atoms with E-state index in [0.717, 1.165) is 54.9 Å². The minimum atomic E-state index is -4.27. The van der Waals surface area contributed by atoms with E-state index in [1.165, 1.54) is 0 Å². The minimum absolute atomic E-state index is 0.0340. The number of amides is 1. The van der Waals surface area contributed by atoms with E-state index in [2.05, 4.69) is 5.32 Å². The highest BCUT2D eigenvalue weighted by molar-refractivity contribution is 7.89. The highest BCUT2D eigenvalue weighted by atomic mass is 32.2. The molecule has 2 aliphatic heterocycles. The second-order valence-electron chi connectivity index (χ2n) is 7.65. The van der Waals surface area contributed by atoms with Crippen LogP contribution in [0.4, 0.5) is 8.78 Å². The summed E-state index contributed by atoms with van der Waals surface area (Å²) in [5, 5.41) is 3.31. The summed E-state index contributed by atoms with van der Waals surface area (Å²) >= 11 is 0. The first-order valence-corrected chi connectivity index (χ1v) is 10.7. The Hall–Kier alpha value is -1.58. The molecule has 1 amide bonds. The van der Waals surface area contributed by atoms with Crippen LogP contribution in [0.5, 0.6) is 0 Å². The molecule has 1 unspecified atom stereocenters. The molecule has 1 saturated carbocycles. The maximum Gasteiger partial charge on any atom is 0.249 e. The maximum absolute atomic E-state index is 13.9. The van der Waals surface area contributed by atoms with E-state index in [9.17, 15) is 22.0 Å². The molecule has 1 atom stereocenters. The molecule has 2 saturated heterocycles. The van der Waals surface area contributed by atoms with Crippen LogP contribution in [-0.4, -0.2) is 62.8 Å². The average molecular weight is 399 g/mol. The van der Waals surface area contributed by atoms with Crippen LogP contribution in [0.3, 0.4) is 0 Å². The Morgan fingerprint density at radius 1 is 1.07 bits per heavy atom. The number of halogens is 2. The number of nitrogens with one attached hydrogen (secondary N) is 1. The molecule has 0 radical (unpaired) electrons. The predicted molar refractivity (Wildman–Crippen MR) is 94.3 cm³/mol. The van der Waals surface area contributed by atoms with Gasteiger partial charge < -0.3 is 10.2 Å². The van der Waals surface area contributed by atoms with Gasteiger partial charge in [-0.2, -0.15) is 4.31 Å². The SMILES string of the molecule is O=C(C1CC12CCNCC2)N1CCN(S(=O)(=O)c2c(F)cccc2F)CC1. The molecule has 3 aliphatic rings. The van der Waals surface area contributed by atoms with E-state index in [0.29, 0.717) is 0 Å². The molecule has 1 aromatic rings. The number of nitrogens with zero attached hydrogens (tertiary/aromatic N) is 2. The van der Waals surface area contributed by atoms with Crippen molar-refractivity contribution in [2.45, 2.75) is 24.2 Å². The van der Waals surface area contributed by atoms with Crippen molar-refractivity contribution in [1.29, 1.82) is 0 Å². The van der Waals surface area contributed by atoms with Crippen LogP contribution in [0.1, 0.15) is 19.3 Å². The second-order valence-corrected chi connectivity index (χ2v) is 9.52. The van der Waals surface area contributed by atoms with Crippen LogP contribution < -0.4 is 5.32 Å². The van der Waals surface area contributed by atoms with Gasteiger partial charge >= 0.3 is 0 Å². The smallest absolute Gasteiger partial charge is 0.249 e. The Balaban J connectivity index is 1.41. The topological polar surface area (TPSA) is 69.7 Å². The highest BCUT2D eigenvalue weighted by Crippen LogP contribution is 2.59. The number of hydrogen-bond donors (Lipinski definition) is 1. The van der Waals surface area contributed by atoms with Crippen molar-refractivity contribution in [3.05, 3.63) is 29.8 Å². The Labute approximate surface area is 157 Å². The summed E-state index contributed by atoms with van der Waals surface area (Å²) in [5.74, 6) is -2.07. The number of carbonyl (C=O) groups is 1. The van der Waals surface area contributed by atoms with E-state index in [1.807, 2.05) is 0 Å². The minimum Gasteiger partial charge on any atom is -0.340 e. The lowest BCUT2D eigenvalue weighted by Crippen LogP contribution is -2.51. The van der Waals surface area contributed by atoms with Crippen LogP contribution in [0.2, 0.25) is 0 Å². The number of carbonyl (C=O) groups excluding carboxylic acids is 1. The van der Waals surface area contributed by atoms with Gasteiger partial charge in [-0.3, -0.25) is 4.79 Å². The molecule has 0 aromatic heterocycles. The molecular weight excluding hydrogens is 376 g/mol. The van der Waals surface area contributed by atoms with Crippen molar-refractivity contribution in [2.24, 2.45) is 11.3 Å². The van der Waals surface area contributed by atoms with Gasteiger partial charge in [0.1, 0.15) is 11.6 Å². The summed E-state index contributed by atoms with van der Waals surface area (Å²) in [7, 11) is -4.27. The number of hydrogen-bond acceptors (Lipinski definition) is 4. The number of piperidine rings is 1. The molecule has 1 N–H and O–H groups in total. The van der Waals surface area contributed by atoms with Gasteiger partial charge in [0.25, 0.3) is 0 Å². The zero-order valence-electron chi connectivity index (χ0n) is 15.0. The first kappa shape index (κ1) is 18.8. The van der Waals surface area contributed by atoms with Crippen molar-refractivity contribution in [3.8, 4) is 0 Å². The van der Waals surface area contributed by atoms with Gasteiger partial charge in [0, 0.05) is 32.1 Å². The quantitative estimate of drug-likeness (QED) is 0.829. The van der Waals surface area contributed by atoms with Crippen molar-refractivity contribution >= 4 is 15.9 Å².